The Balaban J connectivity index is 3.69. The van der Waals surface area contributed by atoms with Crippen LogP contribution in [0, 0.1) is 5.92 Å². The van der Waals surface area contributed by atoms with Crippen LogP contribution in [0.2, 0.25) is 0 Å². The van der Waals surface area contributed by atoms with Crippen LogP contribution in [0.3, 0.4) is 0 Å². The molecule has 0 saturated heterocycles. The van der Waals surface area contributed by atoms with Gasteiger partial charge in [0.15, 0.2) is 0 Å². The monoisotopic (exact) mass is 202 g/mol. The number of carbonyl (C=O) groups excluding carboxylic acids is 1. The van der Waals surface area contributed by atoms with Gasteiger partial charge in [0.2, 0.25) is 5.91 Å². The molecule has 0 rings (SSSR count). The molecule has 0 heterocycles. The molecule has 0 aromatic carbocycles. The van der Waals surface area contributed by atoms with Crippen LogP contribution in [0.25, 0.3) is 0 Å². The molecule has 84 valence electrons. The Morgan fingerprint density at radius 1 is 1.43 bits per heavy atom. The van der Waals surface area contributed by atoms with E-state index in [-0.39, 0.29) is 17.9 Å². The van der Waals surface area contributed by atoms with Crippen molar-refractivity contribution in [1.82, 2.24) is 10.6 Å². The molecule has 0 aromatic rings. The fourth-order valence-electron chi connectivity index (χ4n) is 1.12. The summed E-state index contributed by atoms with van der Waals surface area (Å²) < 4.78 is 5.21. The van der Waals surface area contributed by atoms with E-state index in [4.69, 9.17) is 4.74 Å². The molecule has 1 amide bonds. The number of carbonyl (C=O) groups is 1. The summed E-state index contributed by atoms with van der Waals surface area (Å²) in [6.45, 7) is 7.75. The van der Waals surface area contributed by atoms with E-state index in [0.717, 1.165) is 0 Å². The van der Waals surface area contributed by atoms with Crippen molar-refractivity contribution < 1.29 is 9.53 Å². The number of ether oxygens (including phenoxy) is 1. The summed E-state index contributed by atoms with van der Waals surface area (Å²) in [5, 5.41) is 5.87. The highest BCUT2D eigenvalue weighted by atomic mass is 16.5. The van der Waals surface area contributed by atoms with Crippen molar-refractivity contribution in [3.8, 4) is 0 Å². The molecule has 2 atom stereocenters. The summed E-state index contributed by atoms with van der Waals surface area (Å²) in [5.41, 5.74) is 0. The largest absolute Gasteiger partial charge is 0.380 e. The Morgan fingerprint density at radius 2 is 2.07 bits per heavy atom. The maximum atomic E-state index is 11.5. The Bertz CT molecular complexity index is 162. The summed E-state index contributed by atoms with van der Waals surface area (Å²) >= 11 is 0. The zero-order chi connectivity index (χ0) is 11.0. The van der Waals surface area contributed by atoms with Gasteiger partial charge in [-0.2, -0.15) is 0 Å². The average molecular weight is 202 g/mol. The van der Waals surface area contributed by atoms with Gasteiger partial charge >= 0.3 is 0 Å². The summed E-state index contributed by atoms with van der Waals surface area (Å²) in [6, 6.07) is 0.0850. The quantitative estimate of drug-likeness (QED) is 0.627. The highest BCUT2D eigenvalue weighted by Gasteiger charge is 2.13. The van der Waals surface area contributed by atoms with Gasteiger partial charge in [-0.15, -0.1) is 0 Å². The van der Waals surface area contributed by atoms with Crippen molar-refractivity contribution >= 4 is 5.91 Å². The number of nitrogens with one attached hydrogen (secondary N) is 2. The second-order valence-electron chi connectivity index (χ2n) is 3.53. The maximum absolute atomic E-state index is 11.5. The van der Waals surface area contributed by atoms with Crippen LogP contribution in [0.4, 0.5) is 0 Å². The lowest BCUT2D eigenvalue weighted by molar-refractivity contribution is -0.125. The van der Waals surface area contributed by atoms with Gasteiger partial charge in [0.05, 0.1) is 6.61 Å². The third-order valence-corrected chi connectivity index (χ3v) is 1.92. The van der Waals surface area contributed by atoms with Crippen molar-refractivity contribution in [1.29, 1.82) is 0 Å². The first-order valence-corrected chi connectivity index (χ1v) is 5.14. The zero-order valence-electron chi connectivity index (χ0n) is 9.59. The first kappa shape index (κ1) is 13.4. The van der Waals surface area contributed by atoms with Gasteiger partial charge in [-0.1, -0.05) is 6.92 Å². The molecular formula is C10H22N2O2. The molecule has 0 bridgehead atoms. The molecule has 0 aliphatic heterocycles. The van der Waals surface area contributed by atoms with Gasteiger partial charge in [-0.3, -0.25) is 4.79 Å². The Morgan fingerprint density at radius 3 is 2.57 bits per heavy atom. The summed E-state index contributed by atoms with van der Waals surface area (Å²) in [4.78, 5) is 11.5. The van der Waals surface area contributed by atoms with Crippen LogP contribution in [-0.2, 0) is 9.53 Å². The smallest absolute Gasteiger partial charge is 0.224 e. The van der Waals surface area contributed by atoms with E-state index in [1.807, 2.05) is 27.8 Å². The molecule has 0 aliphatic rings. The molecular weight excluding hydrogens is 180 g/mol. The SMILES string of the molecule is CCOCC(C)NC(=O)C(C)CNC. The third kappa shape index (κ3) is 5.94. The molecule has 0 fully saturated rings. The van der Waals surface area contributed by atoms with Crippen molar-refractivity contribution in [2.24, 2.45) is 5.92 Å². The topological polar surface area (TPSA) is 50.4 Å². The molecule has 4 heteroatoms. The summed E-state index contributed by atoms with van der Waals surface area (Å²) in [5.74, 6) is 0.0793. The van der Waals surface area contributed by atoms with Gasteiger partial charge in [0.1, 0.15) is 0 Å². The van der Waals surface area contributed by atoms with Crippen LogP contribution in [0.15, 0.2) is 0 Å². The predicted molar refractivity (Wildman–Crippen MR) is 57.2 cm³/mol. The lowest BCUT2D eigenvalue weighted by Crippen LogP contribution is -2.41. The molecule has 0 aromatic heterocycles. The minimum absolute atomic E-state index is 0.00377. The second-order valence-corrected chi connectivity index (χ2v) is 3.53. The van der Waals surface area contributed by atoms with Crippen LogP contribution < -0.4 is 10.6 Å². The minimum Gasteiger partial charge on any atom is -0.380 e. The number of hydrogen-bond donors (Lipinski definition) is 2. The normalized spacial score (nSPS) is 14.9. The minimum atomic E-state index is 0.00377. The van der Waals surface area contributed by atoms with Crippen LogP contribution >= 0.6 is 0 Å². The fraction of sp³-hybridized carbons (Fsp3) is 0.900. The van der Waals surface area contributed by atoms with Crippen molar-refractivity contribution in [2.75, 3.05) is 26.8 Å². The lowest BCUT2D eigenvalue weighted by Gasteiger charge is -2.17. The molecule has 0 aliphatic carbocycles. The van der Waals surface area contributed by atoms with E-state index >= 15 is 0 Å². The van der Waals surface area contributed by atoms with Gasteiger partial charge in [0, 0.05) is 25.1 Å². The fourth-order valence-corrected chi connectivity index (χ4v) is 1.12. The van der Waals surface area contributed by atoms with E-state index in [9.17, 15) is 4.79 Å². The predicted octanol–water partition coefficient (Wildman–Crippen LogP) is 0.383. The molecule has 0 spiro atoms. The lowest BCUT2D eigenvalue weighted by atomic mass is 10.1. The highest BCUT2D eigenvalue weighted by molar-refractivity contribution is 5.78. The molecule has 0 saturated carbocycles. The van der Waals surface area contributed by atoms with E-state index in [0.29, 0.717) is 19.8 Å². The molecule has 2 unspecified atom stereocenters. The number of hydrogen-bond acceptors (Lipinski definition) is 3. The van der Waals surface area contributed by atoms with Gasteiger partial charge in [0.25, 0.3) is 0 Å². The molecule has 14 heavy (non-hydrogen) atoms. The first-order valence-electron chi connectivity index (χ1n) is 5.14. The molecule has 2 N–H and O–H groups in total. The van der Waals surface area contributed by atoms with Crippen LogP contribution in [-0.4, -0.2) is 38.8 Å². The summed E-state index contributed by atoms with van der Waals surface area (Å²) in [7, 11) is 1.84. The Hall–Kier alpha value is -0.610. The van der Waals surface area contributed by atoms with Crippen LogP contribution in [0.1, 0.15) is 20.8 Å². The van der Waals surface area contributed by atoms with E-state index in [1.54, 1.807) is 0 Å². The van der Waals surface area contributed by atoms with Crippen molar-refractivity contribution in [3.05, 3.63) is 0 Å². The van der Waals surface area contributed by atoms with Crippen molar-refractivity contribution in [2.45, 2.75) is 26.8 Å². The third-order valence-electron chi connectivity index (χ3n) is 1.92. The average Bonchev–Trinajstić information content (AvgIpc) is 2.15. The van der Waals surface area contributed by atoms with Crippen molar-refractivity contribution in [3.63, 3.8) is 0 Å². The first-order chi connectivity index (χ1) is 6.61. The number of rotatable bonds is 7. The number of amides is 1. The summed E-state index contributed by atoms with van der Waals surface area (Å²) in [6.07, 6.45) is 0. The zero-order valence-corrected chi connectivity index (χ0v) is 9.59. The second kappa shape index (κ2) is 7.76. The molecule has 0 radical (unpaired) electrons. The van der Waals surface area contributed by atoms with Gasteiger partial charge in [-0.05, 0) is 20.9 Å². The van der Waals surface area contributed by atoms with E-state index in [1.165, 1.54) is 0 Å². The maximum Gasteiger partial charge on any atom is 0.224 e. The highest BCUT2D eigenvalue weighted by Crippen LogP contribution is 1.94. The standard InChI is InChI=1S/C10H22N2O2/c1-5-14-7-9(3)12-10(13)8(2)6-11-4/h8-9,11H,5-7H2,1-4H3,(H,12,13). The van der Waals surface area contributed by atoms with Gasteiger partial charge < -0.3 is 15.4 Å². The Labute approximate surface area is 86.4 Å². The molecule has 4 nitrogen and oxygen atoms in total. The van der Waals surface area contributed by atoms with Gasteiger partial charge in [-0.25, -0.2) is 0 Å². The van der Waals surface area contributed by atoms with E-state index in [2.05, 4.69) is 10.6 Å². The Kier molecular flexibility index (Phi) is 7.42. The van der Waals surface area contributed by atoms with E-state index < -0.39 is 0 Å². The van der Waals surface area contributed by atoms with Crippen LogP contribution in [0.5, 0.6) is 0 Å².